The number of H-pyrrole nitrogens is 1. The molecule has 0 atom stereocenters. The number of hydrogen-bond acceptors (Lipinski definition) is 6. The van der Waals surface area contributed by atoms with Crippen molar-refractivity contribution in [1.82, 2.24) is 15.2 Å². The van der Waals surface area contributed by atoms with Gasteiger partial charge in [-0.1, -0.05) is 0 Å². The van der Waals surface area contributed by atoms with Crippen molar-refractivity contribution in [3.05, 3.63) is 22.1 Å². The highest BCUT2D eigenvalue weighted by molar-refractivity contribution is 7.92. The number of aromatic amines is 1. The summed E-state index contributed by atoms with van der Waals surface area (Å²) in [4.78, 5) is 14.7. The van der Waals surface area contributed by atoms with E-state index >= 15 is 0 Å². The van der Waals surface area contributed by atoms with Gasteiger partial charge in [-0.2, -0.15) is 10.1 Å². The van der Waals surface area contributed by atoms with Gasteiger partial charge in [0.1, 0.15) is 16.1 Å². The van der Waals surface area contributed by atoms with Crippen LogP contribution in [0.15, 0.2) is 17.3 Å². The summed E-state index contributed by atoms with van der Waals surface area (Å²) in [5.74, 6) is -1.19. The standard InChI is InChI=1S/C8H8N4O4S2/c1-4-6(2-5(17-4)7(13)14)18(15,16)12-8-9-3-10-11-8/h2-3H,1H3,(H,13,14)(H2,9,10,11,12). The molecule has 0 aliphatic carbocycles. The van der Waals surface area contributed by atoms with Crippen LogP contribution in [-0.2, 0) is 10.0 Å². The molecule has 0 aliphatic rings. The first-order valence-corrected chi connectivity index (χ1v) is 6.92. The molecule has 0 saturated heterocycles. The summed E-state index contributed by atoms with van der Waals surface area (Å²) in [5, 5.41) is 14.7. The van der Waals surface area contributed by atoms with E-state index in [1.54, 1.807) is 0 Å². The normalized spacial score (nSPS) is 11.4. The fourth-order valence-corrected chi connectivity index (χ4v) is 3.67. The molecule has 2 aromatic rings. The van der Waals surface area contributed by atoms with Gasteiger partial charge in [0.2, 0.25) is 5.95 Å². The van der Waals surface area contributed by atoms with Crippen LogP contribution in [0.2, 0.25) is 0 Å². The van der Waals surface area contributed by atoms with Crippen molar-refractivity contribution in [1.29, 1.82) is 0 Å². The molecular formula is C8H8N4O4S2. The Balaban J connectivity index is 2.38. The molecule has 2 rings (SSSR count). The Morgan fingerprint density at radius 1 is 1.56 bits per heavy atom. The molecule has 0 fully saturated rings. The molecule has 0 aliphatic heterocycles. The monoisotopic (exact) mass is 288 g/mol. The third-order valence-corrected chi connectivity index (χ3v) is 4.65. The van der Waals surface area contributed by atoms with Crippen molar-refractivity contribution < 1.29 is 18.3 Å². The summed E-state index contributed by atoms with van der Waals surface area (Å²) in [6.07, 6.45) is 1.15. The zero-order chi connectivity index (χ0) is 13.3. The van der Waals surface area contributed by atoms with Gasteiger partial charge in [-0.25, -0.2) is 23.0 Å². The third-order valence-electron chi connectivity index (χ3n) is 2.02. The SMILES string of the molecule is Cc1sc(C(=O)O)cc1S(=O)(=O)Nc1ncn[nH]1. The molecule has 0 bridgehead atoms. The number of carbonyl (C=O) groups is 1. The molecule has 0 spiro atoms. The Bertz CT molecular complexity index is 674. The Morgan fingerprint density at radius 2 is 2.28 bits per heavy atom. The molecule has 2 aromatic heterocycles. The molecule has 96 valence electrons. The number of aromatic nitrogens is 3. The van der Waals surface area contributed by atoms with Crippen LogP contribution >= 0.6 is 11.3 Å². The van der Waals surface area contributed by atoms with Crippen LogP contribution in [-0.4, -0.2) is 34.7 Å². The highest BCUT2D eigenvalue weighted by atomic mass is 32.2. The van der Waals surface area contributed by atoms with Gasteiger partial charge >= 0.3 is 5.97 Å². The van der Waals surface area contributed by atoms with Gasteiger partial charge in [0.15, 0.2) is 0 Å². The maximum Gasteiger partial charge on any atom is 0.345 e. The minimum absolute atomic E-state index is 0.0301. The number of aromatic carboxylic acids is 1. The van der Waals surface area contributed by atoms with Crippen LogP contribution in [0.25, 0.3) is 0 Å². The highest BCUT2D eigenvalue weighted by Crippen LogP contribution is 2.26. The Labute approximate surface area is 106 Å². The zero-order valence-corrected chi connectivity index (χ0v) is 10.7. The molecule has 18 heavy (non-hydrogen) atoms. The molecule has 2 heterocycles. The quantitative estimate of drug-likeness (QED) is 0.759. The van der Waals surface area contributed by atoms with Gasteiger partial charge < -0.3 is 5.11 Å². The minimum Gasteiger partial charge on any atom is -0.477 e. The summed E-state index contributed by atoms with van der Waals surface area (Å²) in [7, 11) is -3.86. The van der Waals surface area contributed by atoms with Gasteiger partial charge in [0, 0.05) is 4.88 Å². The Hall–Kier alpha value is -1.94. The average Bonchev–Trinajstić information content (AvgIpc) is 2.86. The van der Waals surface area contributed by atoms with Crippen LogP contribution < -0.4 is 4.72 Å². The summed E-state index contributed by atoms with van der Waals surface area (Å²) in [6.45, 7) is 1.53. The molecular weight excluding hydrogens is 280 g/mol. The van der Waals surface area contributed by atoms with Crippen LogP contribution in [0.3, 0.4) is 0 Å². The van der Waals surface area contributed by atoms with E-state index in [1.165, 1.54) is 6.92 Å². The number of carboxylic acids is 1. The lowest BCUT2D eigenvalue weighted by molar-refractivity contribution is 0.0702. The lowest BCUT2D eigenvalue weighted by Crippen LogP contribution is -2.14. The van der Waals surface area contributed by atoms with E-state index < -0.39 is 16.0 Å². The van der Waals surface area contributed by atoms with E-state index in [4.69, 9.17) is 5.11 Å². The van der Waals surface area contributed by atoms with Crippen LogP contribution in [0.1, 0.15) is 14.5 Å². The number of nitrogens with zero attached hydrogens (tertiary/aromatic N) is 2. The lowest BCUT2D eigenvalue weighted by atomic mass is 10.4. The zero-order valence-electron chi connectivity index (χ0n) is 9.04. The van der Waals surface area contributed by atoms with Crippen LogP contribution in [0.4, 0.5) is 5.95 Å². The second-order valence-corrected chi connectivity index (χ2v) is 6.18. The molecule has 0 saturated carbocycles. The molecule has 0 radical (unpaired) electrons. The number of sulfonamides is 1. The van der Waals surface area contributed by atoms with Crippen molar-refractivity contribution in [3.8, 4) is 0 Å². The second-order valence-electron chi connectivity index (χ2n) is 3.28. The molecule has 0 unspecified atom stereocenters. The van der Waals surface area contributed by atoms with Crippen LogP contribution in [0.5, 0.6) is 0 Å². The predicted octanol–water partition coefficient (Wildman–Crippen LogP) is 0.674. The maximum atomic E-state index is 12.0. The van der Waals surface area contributed by atoms with Gasteiger partial charge in [0.05, 0.1) is 0 Å². The van der Waals surface area contributed by atoms with E-state index in [0.717, 1.165) is 23.7 Å². The number of carboxylic acid groups (broad SMARTS) is 1. The topological polar surface area (TPSA) is 125 Å². The lowest BCUT2D eigenvalue weighted by Gasteiger charge is -2.03. The van der Waals surface area contributed by atoms with Crippen molar-refractivity contribution in [2.45, 2.75) is 11.8 Å². The molecule has 0 aromatic carbocycles. The van der Waals surface area contributed by atoms with Gasteiger partial charge in [-0.15, -0.1) is 11.3 Å². The number of nitrogens with one attached hydrogen (secondary N) is 2. The minimum atomic E-state index is -3.86. The number of thiophene rings is 1. The number of rotatable bonds is 4. The van der Waals surface area contributed by atoms with Crippen molar-refractivity contribution in [2.24, 2.45) is 0 Å². The van der Waals surface area contributed by atoms with Crippen LogP contribution in [0, 0.1) is 6.92 Å². The van der Waals surface area contributed by atoms with Gasteiger partial charge in [-0.05, 0) is 13.0 Å². The first-order chi connectivity index (χ1) is 8.40. The van der Waals surface area contributed by atoms with Crippen molar-refractivity contribution >= 4 is 33.3 Å². The highest BCUT2D eigenvalue weighted by Gasteiger charge is 2.22. The average molecular weight is 288 g/mol. The Kier molecular flexibility index (Phi) is 3.05. The van der Waals surface area contributed by atoms with Gasteiger partial charge in [-0.3, -0.25) is 0 Å². The van der Waals surface area contributed by atoms with E-state index in [9.17, 15) is 13.2 Å². The molecule has 8 nitrogen and oxygen atoms in total. The second kappa shape index (κ2) is 4.38. The first-order valence-electron chi connectivity index (χ1n) is 4.62. The number of hydrogen-bond donors (Lipinski definition) is 3. The smallest absolute Gasteiger partial charge is 0.345 e. The first kappa shape index (κ1) is 12.5. The van der Waals surface area contributed by atoms with Crippen molar-refractivity contribution in [2.75, 3.05) is 4.72 Å². The van der Waals surface area contributed by atoms with E-state index in [-0.39, 0.29) is 15.7 Å². The molecule has 0 amide bonds. The van der Waals surface area contributed by atoms with E-state index in [0.29, 0.717) is 4.88 Å². The van der Waals surface area contributed by atoms with E-state index in [2.05, 4.69) is 19.9 Å². The molecule has 3 N–H and O–H groups in total. The van der Waals surface area contributed by atoms with Gasteiger partial charge in [0.25, 0.3) is 10.0 Å². The fraction of sp³-hybridized carbons (Fsp3) is 0.125. The number of aryl methyl sites for hydroxylation is 1. The van der Waals surface area contributed by atoms with E-state index in [1.807, 2.05) is 0 Å². The summed E-state index contributed by atoms with van der Waals surface area (Å²) in [6, 6.07) is 1.11. The maximum absolute atomic E-state index is 12.0. The fourth-order valence-electron chi connectivity index (χ4n) is 1.27. The summed E-state index contributed by atoms with van der Waals surface area (Å²) < 4.78 is 26.1. The van der Waals surface area contributed by atoms with Crippen molar-refractivity contribution in [3.63, 3.8) is 0 Å². The third kappa shape index (κ3) is 2.33. The Morgan fingerprint density at radius 3 is 2.78 bits per heavy atom. The largest absolute Gasteiger partial charge is 0.477 e. The number of anilines is 1. The summed E-state index contributed by atoms with van der Waals surface area (Å²) >= 11 is 0.897. The predicted molar refractivity (Wildman–Crippen MR) is 63.2 cm³/mol. The summed E-state index contributed by atoms with van der Waals surface area (Å²) in [5.41, 5.74) is 0. The molecule has 10 heteroatoms.